The number of aryl methyl sites for hydroxylation is 1. The first kappa shape index (κ1) is 12.6. The Morgan fingerprint density at radius 1 is 1.14 bits per heavy atom. The molecule has 1 N–H and O–H groups in total. The van der Waals surface area contributed by atoms with E-state index in [1.807, 2.05) is 34.6 Å². The van der Waals surface area contributed by atoms with E-state index in [1.54, 1.807) is 6.20 Å². The molecule has 78 valence electrons. The molecule has 2 heterocycles. The second-order valence-electron chi connectivity index (χ2n) is 2.08. The molecule has 0 atom stereocenters. The van der Waals surface area contributed by atoms with Crippen molar-refractivity contribution in [2.24, 2.45) is 0 Å². The van der Waals surface area contributed by atoms with Crippen molar-refractivity contribution >= 4 is 11.2 Å². The molecular weight excluding hydrogens is 176 g/mol. The molecule has 0 aliphatic carbocycles. The van der Waals surface area contributed by atoms with Gasteiger partial charge in [0, 0.05) is 0 Å². The summed E-state index contributed by atoms with van der Waals surface area (Å²) in [4.78, 5) is 14.9. The molecule has 0 saturated carbocycles. The van der Waals surface area contributed by atoms with Crippen LogP contribution < -0.4 is 0 Å². The van der Waals surface area contributed by atoms with Crippen molar-refractivity contribution in [2.45, 2.75) is 34.6 Å². The number of hydrogen-bond acceptors (Lipinski definition) is 3. The molecule has 0 amide bonds. The molecule has 4 heteroatoms. The highest BCUT2D eigenvalue weighted by Crippen LogP contribution is 2.03. The number of imidazole rings is 1. The van der Waals surface area contributed by atoms with Crippen LogP contribution in [0.25, 0.3) is 11.2 Å². The monoisotopic (exact) mass is 194 g/mol. The maximum atomic E-state index is 4.11. The van der Waals surface area contributed by atoms with Crippen molar-refractivity contribution in [3.05, 3.63) is 18.3 Å². The molecule has 2 aromatic heterocycles. The number of aromatic nitrogens is 4. The fourth-order valence-corrected chi connectivity index (χ4v) is 0.882. The lowest BCUT2D eigenvalue weighted by molar-refractivity contribution is 1.16. The van der Waals surface area contributed by atoms with E-state index in [0.717, 1.165) is 17.0 Å². The third-order valence-electron chi connectivity index (χ3n) is 1.28. The molecule has 4 nitrogen and oxygen atoms in total. The van der Waals surface area contributed by atoms with E-state index in [4.69, 9.17) is 0 Å². The molecule has 0 saturated heterocycles. The van der Waals surface area contributed by atoms with Crippen molar-refractivity contribution in [2.75, 3.05) is 0 Å². The minimum Gasteiger partial charge on any atom is -0.340 e. The van der Waals surface area contributed by atoms with Gasteiger partial charge in [0.25, 0.3) is 0 Å². The van der Waals surface area contributed by atoms with Crippen LogP contribution in [0, 0.1) is 6.92 Å². The van der Waals surface area contributed by atoms with Crippen LogP contribution in [0.3, 0.4) is 0 Å². The summed E-state index contributed by atoms with van der Waals surface area (Å²) in [6.45, 7) is 9.89. The lowest BCUT2D eigenvalue weighted by Gasteiger charge is -1.80. The third kappa shape index (κ3) is 3.12. The Morgan fingerprint density at radius 2 is 1.79 bits per heavy atom. The zero-order valence-electron chi connectivity index (χ0n) is 9.50. The van der Waals surface area contributed by atoms with Gasteiger partial charge in [-0.3, -0.25) is 0 Å². The molecular formula is C10H18N4. The number of fused-ring (bicyclic) bond motifs is 1. The van der Waals surface area contributed by atoms with E-state index in [1.165, 1.54) is 6.33 Å². The summed E-state index contributed by atoms with van der Waals surface area (Å²) in [6.07, 6.45) is 3.20. The fraction of sp³-hybridized carbons (Fsp3) is 0.500. The summed E-state index contributed by atoms with van der Waals surface area (Å²) in [5.41, 5.74) is 1.62. The van der Waals surface area contributed by atoms with Gasteiger partial charge in [0.2, 0.25) is 0 Å². The van der Waals surface area contributed by atoms with Gasteiger partial charge >= 0.3 is 0 Å². The van der Waals surface area contributed by atoms with Gasteiger partial charge in [0.05, 0.1) is 6.20 Å². The maximum absolute atomic E-state index is 4.11. The topological polar surface area (TPSA) is 54.5 Å². The van der Waals surface area contributed by atoms with Crippen LogP contribution in [0.15, 0.2) is 12.5 Å². The van der Waals surface area contributed by atoms with Crippen LogP contribution in [0.1, 0.15) is 33.5 Å². The molecule has 0 bridgehead atoms. The van der Waals surface area contributed by atoms with Gasteiger partial charge in [0.15, 0.2) is 5.65 Å². The van der Waals surface area contributed by atoms with Crippen LogP contribution in [0.4, 0.5) is 0 Å². The van der Waals surface area contributed by atoms with Crippen LogP contribution in [-0.2, 0) is 0 Å². The van der Waals surface area contributed by atoms with Gasteiger partial charge in [-0.2, -0.15) is 0 Å². The fourth-order valence-electron chi connectivity index (χ4n) is 0.882. The number of H-pyrrole nitrogens is 1. The Kier molecular flexibility index (Phi) is 6.28. The molecule has 0 aliphatic rings. The first-order valence-electron chi connectivity index (χ1n) is 4.98. The Hall–Kier alpha value is -1.45. The van der Waals surface area contributed by atoms with Crippen molar-refractivity contribution in [1.29, 1.82) is 0 Å². The van der Waals surface area contributed by atoms with Gasteiger partial charge in [-0.05, 0) is 6.92 Å². The zero-order valence-corrected chi connectivity index (χ0v) is 9.50. The summed E-state index contributed by atoms with van der Waals surface area (Å²) >= 11 is 0. The predicted octanol–water partition coefficient (Wildman–Crippen LogP) is 2.71. The highest BCUT2D eigenvalue weighted by Gasteiger charge is 1.96. The maximum Gasteiger partial charge on any atom is 0.180 e. The summed E-state index contributed by atoms with van der Waals surface area (Å²) in [5, 5.41) is 0. The van der Waals surface area contributed by atoms with E-state index in [9.17, 15) is 0 Å². The smallest absolute Gasteiger partial charge is 0.180 e. The second-order valence-corrected chi connectivity index (χ2v) is 2.08. The van der Waals surface area contributed by atoms with E-state index in [0.29, 0.717) is 0 Å². The van der Waals surface area contributed by atoms with Crippen molar-refractivity contribution in [1.82, 2.24) is 19.9 Å². The van der Waals surface area contributed by atoms with Gasteiger partial charge in [-0.25, -0.2) is 15.0 Å². The van der Waals surface area contributed by atoms with Gasteiger partial charge < -0.3 is 4.98 Å². The largest absolute Gasteiger partial charge is 0.340 e. The molecule has 14 heavy (non-hydrogen) atoms. The highest BCUT2D eigenvalue weighted by atomic mass is 15.0. The Bertz CT molecular complexity index is 321. The molecule has 0 fully saturated rings. The van der Waals surface area contributed by atoms with E-state index in [-0.39, 0.29) is 0 Å². The van der Waals surface area contributed by atoms with E-state index in [2.05, 4.69) is 19.9 Å². The lowest BCUT2D eigenvalue weighted by Crippen LogP contribution is -1.76. The van der Waals surface area contributed by atoms with Gasteiger partial charge in [-0.15, -0.1) is 0 Å². The number of aromatic amines is 1. The Morgan fingerprint density at radius 3 is 2.36 bits per heavy atom. The van der Waals surface area contributed by atoms with E-state index < -0.39 is 0 Å². The molecule has 2 aromatic rings. The number of nitrogens with zero attached hydrogens (tertiary/aromatic N) is 3. The Balaban J connectivity index is 0.000000379. The van der Waals surface area contributed by atoms with Gasteiger partial charge in [-0.1, -0.05) is 27.7 Å². The van der Waals surface area contributed by atoms with Crippen LogP contribution in [0.5, 0.6) is 0 Å². The summed E-state index contributed by atoms with van der Waals surface area (Å²) in [5.74, 6) is 0.871. The predicted molar refractivity (Wildman–Crippen MR) is 59.1 cm³/mol. The molecule has 0 aliphatic heterocycles. The number of rotatable bonds is 0. The quantitative estimate of drug-likeness (QED) is 0.701. The third-order valence-corrected chi connectivity index (χ3v) is 1.28. The normalized spacial score (nSPS) is 8.36. The number of nitrogens with one attached hydrogen (secondary N) is 1. The first-order chi connectivity index (χ1) is 6.86. The molecule has 2 rings (SSSR count). The minimum atomic E-state index is 0.729. The molecule has 0 unspecified atom stereocenters. The number of hydrogen-bond donors (Lipinski definition) is 1. The van der Waals surface area contributed by atoms with Crippen LogP contribution >= 0.6 is 0 Å². The average Bonchev–Trinajstić information content (AvgIpc) is 2.64. The molecule has 0 aromatic carbocycles. The van der Waals surface area contributed by atoms with Gasteiger partial charge in [0.1, 0.15) is 17.7 Å². The van der Waals surface area contributed by atoms with Crippen molar-refractivity contribution in [3.8, 4) is 0 Å². The average molecular weight is 194 g/mol. The zero-order chi connectivity index (χ0) is 11.0. The Labute approximate surface area is 84.8 Å². The minimum absolute atomic E-state index is 0.729. The van der Waals surface area contributed by atoms with Crippen LogP contribution in [-0.4, -0.2) is 19.9 Å². The van der Waals surface area contributed by atoms with Crippen LogP contribution in [0.2, 0.25) is 0 Å². The molecule has 0 radical (unpaired) electrons. The summed E-state index contributed by atoms with van der Waals surface area (Å²) in [6, 6.07) is 0. The summed E-state index contributed by atoms with van der Waals surface area (Å²) in [7, 11) is 0. The lowest BCUT2D eigenvalue weighted by atomic mass is 10.6. The highest BCUT2D eigenvalue weighted by molar-refractivity contribution is 5.68. The molecule has 0 spiro atoms. The SMILES string of the molecule is CC.CC.Cc1nc2ncncc2[nH]1. The van der Waals surface area contributed by atoms with E-state index >= 15 is 0 Å². The standard InChI is InChI=1S/C6H6N4.2C2H6/c1-4-9-5-2-7-3-8-6(5)10-4;2*1-2/h2-3H,1H3,(H,7,8,9,10);2*1-2H3. The summed E-state index contributed by atoms with van der Waals surface area (Å²) < 4.78 is 0. The van der Waals surface area contributed by atoms with Crippen molar-refractivity contribution in [3.63, 3.8) is 0 Å². The second kappa shape index (κ2) is 7.00. The van der Waals surface area contributed by atoms with Crippen molar-refractivity contribution < 1.29 is 0 Å². The first-order valence-corrected chi connectivity index (χ1v) is 4.98.